The number of pyridine rings is 1. The van der Waals surface area contributed by atoms with Gasteiger partial charge in [-0.1, -0.05) is 0 Å². The Morgan fingerprint density at radius 2 is 2.00 bits per heavy atom. The Labute approximate surface area is 103 Å². The van der Waals surface area contributed by atoms with Gasteiger partial charge in [0.2, 0.25) is 0 Å². The molecule has 2 heterocycles. The molecular formula is C10H7N5O2S. The Kier molecular flexibility index (Phi) is 3.16. The number of hydrogen-bond donors (Lipinski definition) is 1. The zero-order valence-corrected chi connectivity index (χ0v) is 9.79. The second-order valence-electron chi connectivity index (χ2n) is 3.19. The molecule has 0 aliphatic carbocycles. The van der Waals surface area contributed by atoms with Gasteiger partial charge in [0.15, 0.2) is 5.82 Å². The van der Waals surface area contributed by atoms with Gasteiger partial charge in [-0.3, -0.25) is 9.71 Å². The molecule has 18 heavy (non-hydrogen) atoms. The minimum Gasteiger partial charge on any atom is -0.262 e. The molecule has 0 amide bonds. The Morgan fingerprint density at radius 3 is 2.56 bits per heavy atom. The summed E-state index contributed by atoms with van der Waals surface area (Å²) in [5.41, 5.74) is 0.147. The van der Waals surface area contributed by atoms with Crippen molar-refractivity contribution in [2.24, 2.45) is 0 Å². The molecule has 7 nitrogen and oxygen atoms in total. The van der Waals surface area contributed by atoms with Crippen molar-refractivity contribution in [2.75, 3.05) is 4.72 Å². The molecule has 0 unspecified atom stereocenters. The highest BCUT2D eigenvalue weighted by molar-refractivity contribution is 7.92. The fourth-order valence-electron chi connectivity index (χ4n) is 1.15. The average Bonchev–Trinajstić information content (AvgIpc) is 2.39. The van der Waals surface area contributed by atoms with E-state index < -0.39 is 10.0 Å². The van der Waals surface area contributed by atoms with Crippen molar-refractivity contribution in [3.63, 3.8) is 0 Å². The standard InChI is InChI=1S/C10H7N5O2S/c11-5-8-1-2-9(6-14-8)18(16,17)15-10-7-12-3-4-13-10/h1-4,6-7H,(H,13,15). The number of nitriles is 1. The van der Waals surface area contributed by atoms with Gasteiger partial charge in [-0.2, -0.15) is 5.26 Å². The first kappa shape index (κ1) is 11.9. The van der Waals surface area contributed by atoms with Crippen LogP contribution in [0.3, 0.4) is 0 Å². The summed E-state index contributed by atoms with van der Waals surface area (Å²) < 4.78 is 26.0. The Hall–Kier alpha value is -2.53. The minimum absolute atomic E-state index is 0.0489. The first-order valence-corrected chi connectivity index (χ1v) is 6.25. The van der Waals surface area contributed by atoms with Crippen molar-refractivity contribution in [1.29, 1.82) is 5.26 Å². The molecule has 0 bridgehead atoms. The Balaban J connectivity index is 2.29. The lowest BCUT2D eigenvalue weighted by atomic mass is 10.4. The van der Waals surface area contributed by atoms with E-state index >= 15 is 0 Å². The third-order valence-corrected chi connectivity index (χ3v) is 3.30. The molecule has 90 valence electrons. The van der Waals surface area contributed by atoms with Crippen LogP contribution in [0, 0.1) is 11.3 Å². The Bertz CT molecular complexity index is 676. The SMILES string of the molecule is N#Cc1ccc(S(=O)(=O)Nc2cnccn2)cn1. The maximum Gasteiger partial charge on any atom is 0.264 e. The van der Waals surface area contributed by atoms with Gasteiger partial charge in [0, 0.05) is 18.6 Å². The highest BCUT2D eigenvalue weighted by Crippen LogP contribution is 2.12. The highest BCUT2D eigenvalue weighted by atomic mass is 32.2. The number of anilines is 1. The lowest BCUT2D eigenvalue weighted by molar-refractivity contribution is 0.600. The number of nitrogens with zero attached hydrogens (tertiary/aromatic N) is 4. The summed E-state index contributed by atoms with van der Waals surface area (Å²) in [4.78, 5) is 11.2. The van der Waals surface area contributed by atoms with E-state index in [1.54, 1.807) is 6.07 Å². The summed E-state index contributed by atoms with van der Waals surface area (Å²) in [6.07, 6.45) is 5.20. The second-order valence-corrected chi connectivity index (χ2v) is 4.87. The van der Waals surface area contributed by atoms with Crippen LogP contribution in [-0.4, -0.2) is 23.4 Å². The van der Waals surface area contributed by atoms with Crippen LogP contribution in [0.5, 0.6) is 0 Å². The van der Waals surface area contributed by atoms with Crippen LogP contribution >= 0.6 is 0 Å². The molecule has 0 saturated carbocycles. The van der Waals surface area contributed by atoms with Gasteiger partial charge in [-0.25, -0.2) is 18.4 Å². The molecule has 8 heteroatoms. The first-order chi connectivity index (χ1) is 8.62. The summed E-state index contributed by atoms with van der Waals surface area (Å²) in [7, 11) is -3.76. The molecule has 0 aliphatic heterocycles. The van der Waals surface area contributed by atoms with Crippen LogP contribution in [0.2, 0.25) is 0 Å². The summed E-state index contributed by atoms with van der Waals surface area (Å²) in [5, 5.41) is 8.57. The van der Waals surface area contributed by atoms with E-state index in [0.717, 1.165) is 6.20 Å². The predicted octanol–water partition coefficient (Wildman–Crippen LogP) is 0.544. The first-order valence-electron chi connectivity index (χ1n) is 4.77. The number of nitrogens with one attached hydrogen (secondary N) is 1. The quantitative estimate of drug-likeness (QED) is 0.863. The molecule has 0 spiro atoms. The predicted molar refractivity (Wildman–Crippen MR) is 61.8 cm³/mol. The monoisotopic (exact) mass is 261 g/mol. The summed E-state index contributed by atoms with van der Waals surface area (Å²) in [5.74, 6) is 0.113. The highest BCUT2D eigenvalue weighted by Gasteiger charge is 2.15. The van der Waals surface area contributed by atoms with Crippen LogP contribution in [0.15, 0.2) is 41.8 Å². The summed E-state index contributed by atoms with van der Waals surface area (Å²) >= 11 is 0. The Morgan fingerprint density at radius 1 is 1.17 bits per heavy atom. The molecule has 0 fully saturated rings. The van der Waals surface area contributed by atoms with E-state index in [0.29, 0.717) is 0 Å². The van der Waals surface area contributed by atoms with Crippen LogP contribution in [0.1, 0.15) is 5.69 Å². The molecule has 0 saturated heterocycles. The third-order valence-electron chi connectivity index (χ3n) is 1.96. The van der Waals surface area contributed by atoms with Gasteiger partial charge in [0.1, 0.15) is 16.7 Å². The van der Waals surface area contributed by atoms with Crippen molar-refractivity contribution in [3.8, 4) is 6.07 Å². The molecule has 2 rings (SSSR count). The molecule has 1 N–H and O–H groups in total. The molecule has 2 aromatic rings. The zero-order chi connectivity index (χ0) is 13.0. The molecule has 0 aliphatic rings. The van der Waals surface area contributed by atoms with Crippen molar-refractivity contribution < 1.29 is 8.42 Å². The maximum atomic E-state index is 11.9. The van der Waals surface area contributed by atoms with Gasteiger partial charge in [-0.05, 0) is 12.1 Å². The molecule has 0 atom stereocenters. The number of rotatable bonds is 3. The molecule has 0 aromatic carbocycles. The van der Waals surface area contributed by atoms with Crippen LogP contribution in [-0.2, 0) is 10.0 Å². The van der Waals surface area contributed by atoms with Gasteiger partial charge < -0.3 is 0 Å². The van der Waals surface area contributed by atoms with Gasteiger partial charge >= 0.3 is 0 Å². The van der Waals surface area contributed by atoms with E-state index in [2.05, 4.69) is 19.7 Å². The fraction of sp³-hybridized carbons (Fsp3) is 0. The summed E-state index contributed by atoms with van der Waals surface area (Å²) in [6, 6.07) is 4.43. The average molecular weight is 261 g/mol. The number of aromatic nitrogens is 3. The van der Waals surface area contributed by atoms with Crippen molar-refractivity contribution in [2.45, 2.75) is 4.90 Å². The summed E-state index contributed by atoms with van der Waals surface area (Å²) in [6.45, 7) is 0. The van der Waals surface area contributed by atoms with Crippen LogP contribution in [0.4, 0.5) is 5.82 Å². The molecule has 2 aromatic heterocycles. The van der Waals surface area contributed by atoms with Crippen LogP contribution < -0.4 is 4.72 Å². The van der Waals surface area contributed by atoms with E-state index in [9.17, 15) is 8.42 Å². The van der Waals surface area contributed by atoms with E-state index in [4.69, 9.17) is 5.26 Å². The second kappa shape index (κ2) is 4.77. The lowest BCUT2D eigenvalue weighted by Crippen LogP contribution is -2.14. The minimum atomic E-state index is -3.76. The molecular weight excluding hydrogens is 254 g/mol. The normalized spacial score (nSPS) is 10.6. The van der Waals surface area contributed by atoms with Gasteiger partial charge in [0.25, 0.3) is 10.0 Å². The van der Waals surface area contributed by atoms with E-state index in [-0.39, 0.29) is 16.4 Å². The van der Waals surface area contributed by atoms with Crippen molar-refractivity contribution >= 4 is 15.8 Å². The van der Waals surface area contributed by atoms with Crippen molar-refractivity contribution in [3.05, 3.63) is 42.6 Å². The number of hydrogen-bond acceptors (Lipinski definition) is 6. The third kappa shape index (κ3) is 2.58. The smallest absolute Gasteiger partial charge is 0.262 e. The lowest BCUT2D eigenvalue weighted by Gasteiger charge is -2.05. The van der Waals surface area contributed by atoms with E-state index in [1.807, 2.05) is 0 Å². The van der Waals surface area contributed by atoms with E-state index in [1.165, 1.54) is 30.7 Å². The topological polar surface area (TPSA) is 109 Å². The van der Waals surface area contributed by atoms with Gasteiger partial charge in [-0.15, -0.1) is 0 Å². The van der Waals surface area contributed by atoms with Gasteiger partial charge in [0.05, 0.1) is 6.20 Å². The largest absolute Gasteiger partial charge is 0.264 e. The maximum absolute atomic E-state index is 11.9. The zero-order valence-electron chi connectivity index (χ0n) is 8.98. The van der Waals surface area contributed by atoms with Crippen molar-refractivity contribution in [1.82, 2.24) is 15.0 Å². The number of sulfonamides is 1. The fourth-order valence-corrected chi connectivity index (χ4v) is 2.09. The molecule has 0 radical (unpaired) electrons. The van der Waals surface area contributed by atoms with Crippen LogP contribution in [0.25, 0.3) is 0 Å².